The molecule has 0 aromatic heterocycles. The SMILES string of the molecule is CC(=O)c1ccc(NCCC(=O)Nc2ccccc2Oc2ccccc2)cc1. The van der Waals surface area contributed by atoms with Gasteiger partial charge in [-0.15, -0.1) is 0 Å². The van der Waals surface area contributed by atoms with Crippen LogP contribution >= 0.6 is 0 Å². The van der Waals surface area contributed by atoms with Gasteiger partial charge in [-0.25, -0.2) is 0 Å². The largest absolute Gasteiger partial charge is 0.455 e. The van der Waals surface area contributed by atoms with Crippen LogP contribution in [0, 0.1) is 0 Å². The molecule has 1 amide bonds. The van der Waals surface area contributed by atoms with Gasteiger partial charge in [0.05, 0.1) is 5.69 Å². The molecule has 5 nitrogen and oxygen atoms in total. The molecule has 0 aliphatic carbocycles. The lowest BCUT2D eigenvalue weighted by atomic mass is 10.1. The molecule has 0 bridgehead atoms. The van der Waals surface area contributed by atoms with E-state index >= 15 is 0 Å². The number of benzene rings is 3. The zero-order valence-electron chi connectivity index (χ0n) is 15.6. The number of carbonyl (C=O) groups excluding carboxylic acids is 2. The highest BCUT2D eigenvalue weighted by Gasteiger charge is 2.08. The molecular weight excluding hydrogens is 352 g/mol. The maximum atomic E-state index is 12.3. The minimum absolute atomic E-state index is 0.0299. The summed E-state index contributed by atoms with van der Waals surface area (Å²) in [7, 11) is 0. The summed E-state index contributed by atoms with van der Waals surface area (Å²) in [6.07, 6.45) is 0.300. The molecule has 0 radical (unpaired) electrons. The number of carbonyl (C=O) groups is 2. The van der Waals surface area contributed by atoms with E-state index in [2.05, 4.69) is 10.6 Å². The van der Waals surface area contributed by atoms with E-state index in [0.29, 0.717) is 35.7 Å². The first-order chi connectivity index (χ1) is 13.6. The summed E-state index contributed by atoms with van der Waals surface area (Å²) in [4.78, 5) is 23.6. The molecule has 0 fully saturated rings. The van der Waals surface area contributed by atoms with E-state index in [1.165, 1.54) is 6.92 Å². The fourth-order valence-electron chi connectivity index (χ4n) is 2.63. The quantitative estimate of drug-likeness (QED) is 0.537. The number of anilines is 2. The van der Waals surface area contributed by atoms with Crippen LogP contribution in [0.3, 0.4) is 0 Å². The Morgan fingerprint density at radius 2 is 1.54 bits per heavy atom. The van der Waals surface area contributed by atoms with Gasteiger partial charge in [0.25, 0.3) is 0 Å². The topological polar surface area (TPSA) is 67.4 Å². The molecule has 0 aliphatic rings. The van der Waals surface area contributed by atoms with Gasteiger partial charge in [0.1, 0.15) is 5.75 Å². The predicted octanol–water partition coefficient (Wildman–Crippen LogP) is 5.12. The van der Waals surface area contributed by atoms with E-state index in [9.17, 15) is 9.59 Å². The molecule has 142 valence electrons. The maximum Gasteiger partial charge on any atom is 0.226 e. The maximum absolute atomic E-state index is 12.3. The van der Waals surface area contributed by atoms with Crippen molar-refractivity contribution in [3.8, 4) is 11.5 Å². The molecule has 0 spiro atoms. The Morgan fingerprint density at radius 3 is 2.25 bits per heavy atom. The summed E-state index contributed by atoms with van der Waals surface area (Å²) in [5, 5.41) is 6.07. The van der Waals surface area contributed by atoms with Gasteiger partial charge < -0.3 is 15.4 Å². The molecule has 2 N–H and O–H groups in total. The Labute approximate surface area is 164 Å². The van der Waals surface area contributed by atoms with Gasteiger partial charge >= 0.3 is 0 Å². The molecule has 3 aromatic carbocycles. The first-order valence-corrected chi connectivity index (χ1v) is 9.08. The molecule has 0 unspecified atom stereocenters. The number of hydrogen-bond acceptors (Lipinski definition) is 4. The van der Waals surface area contributed by atoms with Crippen LogP contribution < -0.4 is 15.4 Å². The van der Waals surface area contributed by atoms with Gasteiger partial charge in [0.15, 0.2) is 11.5 Å². The van der Waals surface area contributed by atoms with Gasteiger partial charge in [-0.3, -0.25) is 9.59 Å². The van der Waals surface area contributed by atoms with E-state index in [0.717, 1.165) is 5.69 Å². The fraction of sp³-hybridized carbons (Fsp3) is 0.130. The summed E-state index contributed by atoms with van der Waals surface area (Å²) in [6.45, 7) is 2.01. The highest BCUT2D eigenvalue weighted by atomic mass is 16.5. The van der Waals surface area contributed by atoms with Gasteiger partial charge in [0.2, 0.25) is 5.91 Å². The van der Waals surface area contributed by atoms with Gasteiger partial charge in [0, 0.05) is 24.2 Å². The standard InChI is InChI=1S/C23H22N2O3/c1-17(26)18-11-13-19(14-12-18)24-16-15-23(27)25-21-9-5-6-10-22(21)28-20-7-3-2-4-8-20/h2-14,24H,15-16H2,1H3,(H,25,27). The van der Waals surface area contributed by atoms with Crippen LogP contribution in [-0.2, 0) is 4.79 Å². The average Bonchev–Trinajstić information content (AvgIpc) is 2.71. The highest BCUT2D eigenvalue weighted by molar-refractivity contribution is 5.94. The number of ether oxygens (including phenoxy) is 1. The summed E-state index contributed by atoms with van der Waals surface area (Å²) >= 11 is 0. The minimum atomic E-state index is -0.114. The number of hydrogen-bond donors (Lipinski definition) is 2. The molecule has 0 aliphatic heterocycles. The van der Waals surface area contributed by atoms with Crippen LogP contribution in [0.15, 0.2) is 78.9 Å². The van der Waals surface area contributed by atoms with E-state index in [1.807, 2.05) is 66.7 Å². The van der Waals surface area contributed by atoms with Crippen molar-refractivity contribution in [1.82, 2.24) is 0 Å². The lowest BCUT2D eigenvalue weighted by Gasteiger charge is -2.12. The number of rotatable bonds is 8. The van der Waals surface area contributed by atoms with Crippen molar-refractivity contribution in [2.75, 3.05) is 17.2 Å². The van der Waals surface area contributed by atoms with Gasteiger partial charge in [-0.2, -0.15) is 0 Å². The molecule has 5 heteroatoms. The van der Waals surface area contributed by atoms with Crippen LogP contribution in [0.5, 0.6) is 11.5 Å². The third-order valence-corrected chi connectivity index (χ3v) is 4.10. The lowest BCUT2D eigenvalue weighted by Crippen LogP contribution is -2.16. The van der Waals surface area contributed by atoms with Crippen molar-refractivity contribution in [3.05, 3.63) is 84.4 Å². The van der Waals surface area contributed by atoms with Crippen LogP contribution in [0.2, 0.25) is 0 Å². The summed E-state index contributed by atoms with van der Waals surface area (Å²) in [6, 6.07) is 24.0. The first-order valence-electron chi connectivity index (χ1n) is 9.08. The van der Waals surface area contributed by atoms with Crippen LogP contribution in [0.4, 0.5) is 11.4 Å². The number of para-hydroxylation sites is 3. The van der Waals surface area contributed by atoms with Crippen molar-refractivity contribution in [2.45, 2.75) is 13.3 Å². The second kappa shape index (κ2) is 9.37. The van der Waals surface area contributed by atoms with E-state index in [-0.39, 0.29) is 11.7 Å². The molecule has 0 saturated heterocycles. The van der Waals surface area contributed by atoms with Crippen LogP contribution in [-0.4, -0.2) is 18.2 Å². The number of ketones is 1. The third-order valence-electron chi connectivity index (χ3n) is 4.10. The Bertz CT molecular complexity index is 938. The molecular formula is C23H22N2O3. The van der Waals surface area contributed by atoms with Crippen LogP contribution in [0.1, 0.15) is 23.7 Å². The van der Waals surface area contributed by atoms with Gasteiger partial charge in [-0.05, 0) is 55.5 Å². The zero-order chi connectivity index (χ0) is 19.8. The number of amides is 1. The summed E-state index contributed by atoms with van der Waals surface area (Å²) < 4.78 is 5.86. The Balaban J connectivity index is 1.53. The Hall–Kier alpha value is -3.60. The number of nitrogens with one attached hydrogen (secondary N) is 2. The summed E-state index contributed by atoms with van der Waals surface area (Å²) in [5.74, 6) is 1.22. The van der Waals surface area contributed by atoms with E-state index in [4.69, 9.17) is 4.74 Å². The van der Waals surface area contributed by atoms with Crippen molar-refractivity contribution < 1.29 is 14.3 Å². The smallest absolute Gasteiger partial charge is 0.226 e. The summed E-state index contributed by atoms with van der Waals surface area (Å²) in [5.41, 5.74) is 2.16. The molecule has 0 heterocycles. The van der Waals surface area contributed by atoms with Gasteiger partial charge in [-0.1, -0.05) is 30.3 Å². The molecule has 0 saturated carbocycles. The Morgan fingerprint density at radius 1 is 0.857 bits per heavy atom. The minimum Gasteiger partial charge on any atom is -0.455 e. The monoisotopic (exact) mass is 374 g/mol. The molecule has 3 aromatic rings. The van der Waals surface area contributed by atoms with Crippen LogP contribution in [0.25, 0.3) is 0 Å². The van der Waals surface area contributed by atoms with E-state index < -0.39 is 0 Å². The zero-order valence-corrected chi connectivity index (χ0v) is 15.6. The fourth-order valence-corrected chi connectivity index (χ4v) is 2.63. The molecule has 3 rings (SSSR count). The highest BCUT2D eigenvalue weighted by Crippen LogP contribution is 2.29. The van der Waals surface area contributed by atoms with Crippen molar-refractivity contribution in [3.63, 3.8) is 0 Å². The normalized spacial score (nSPS) is 10.2. The predicted molar refractivity (Wildman–Crippen MR) is 111 cm³/mol. The van der Waals surface area contributed by atoms with Crippen molar-refractivity contribution in [1.29, 1.82) is 0 Å². The lowest BCUT2D eigenvalue weighted by molar-refractivity contribution is -0.116. The average molecular weight is 374 g/mol. The molecule has 0 atom stereocenters. The first kappa shape index (κ1) is 19.2. The second-order valence-electron chi connectivity index (χ2n) is 6.27. The number of Topliss-reactive ketones (excluding diaryl/α,β-unsaturated/α-hetero) is 1. The van der Waals surface area contributed by atoms with E-state index in [1.54, 1.807) is 12.1 Å². The second-order valence-corrected chi connectivity index (χ2v) is 6.27. The van der Waals surface area contributed by atoms with Crippen molar-refractivity contribution in [2.24, 2.45) is 0 Å². The molecule has 28 heavy (non-hydrogen) atoms. The third kappa shape index (κ3) is 5.45. The Kier molecular flexibility index (Phi) is 6.41. The van der Waals surface area contributed by atoms with Crippen molar-refractivity contribution >= 4 is 23.1 Å².